The molecule has 0 saturated heterocycles. The molecule has 0 bridgehead atoms. The Bertz CT molecular complexity index is 1260. The van der Waals surface area contributed by atoms with Crippen LogP contribution < -0.4 is 16.4 Å². The molecule has 1 amide bonds. The Morgan fingerprint density at radius 1 is 1.27 bits per heavy atom. The minimum absolute atomic E-state index is 0.00831. The third-order valence-electron chi connectivity index (χ3n) is 6.58. The van der Waals surface area contributed by atoms with Crippen LogP contribution >= 0.6 is 0 Å². The van der Waals surface area contributed by atoms with E-state index in [9.17, 15) is 9.90 Å². The van der Waals surface area contributed by atoms with Crippen molar-refractivity contribution in [1.82, 2.24) is 9.97 Å². The van der Waals surface area contributed by atoms with E-state index in [0.29, 0.717) is 40.7 Å². The molecule has 3 aromatic rings. The van der Waals surface area contributed by atoms with Crippen molar-refractivity contribution in [2.45, 2.75) is 51.2 Å². The van der Waals surface area contributed by atoms with Crippen LogP contribution in [0.3, 0.4) is 0 Å². The minimum atomic E-state index is -0.649. The highest BCUT2D eigenvalue weighted by Gasteiger charge is 2.30. The summed E-state index contributed by atoms with van der Waals surface area (Å²) in [5, 5.41) is 16.4. The zero-order chi connectivity index (χ0) is 23.3. The third-order valence-corrected chi connectivity index (χ3v) is 6.58. The Morgan fingerprint density at radius 3 is 2.82 bits per heavy atom. The van der Waals surface area contributed by atoms with Crippen molar-refractivity contribution in [2.24, 2.45) is 0 Å². The van der Waals surface area contributed by atoms with Crippen molar-refractivity contribution in [3.63, 3.8) is 0 Å². The minimum Gasteiger partial charge on any atom is -0.446 e. The standard InChI is InChI=1S/C24H26FN5O3/c1-11-3-4-27-23-12(2)17(9-29-22(11)23)16-5-13-6-19(28-10-18(13)21(26)20(16)25)30-24(32)33-15-7-14(31)8-15/h5-6,9-11,14-15,27,31H,3-4,7-8,26H2,1-2H3,(H,28,30,32)/t11-,14-,15+/m1/s1. The van der Waals surface area contributed by atoms with E-state index in [1.54, 1.807) is 18.3 Å². The van der Waals surface area contributed by atoms with E-state index >= 15 is 4.39 Å². The number of hydrogen-bond acceptors (Lipinski definition) is 7. The van der Waals surface area contributed by atoms with E-state index in [0.717, 1.165) is 29.9 Å². The fourth-order valence-corrected chi connectivity index (χ4v) is 4.52. The maximum absolute atomic E-state index is 15.3. The second-order valence-electron chi connectivity index (χ2n) is 8.89. The summed E-state index contributed by atoms with van der Waals surface area (Å²) < 4.78 is 20.6. The van der Waals surface area contributed by atoms with Crippen LogP contribution in [0.25, 0.3) is 21.9 Å². The molecular formula is C24H26FN5O3. The van der Waals surface area contributed by atoms with Gasteiger partial charge in [-0.25, -0.2) is 14.2 Å². The number of carbonyl (C=O) groups is 1. The SMILES string of the molecule is Cc1c(-c2cc3cc(NC(=O)O[C@H]4C[C@@H](O)C4)ncc3c(N)c2F)cnc2c1NCC[C@H]2C. The molecule has 1 fully saturated rings. The lowest BCUT2D eigenvalue weighted by molar-refractivity contribution is -0.0308. The summed E-state index contributed by atoms with van der Waals surface area (Å²) in [6.07, 6.45) is 3.63. The van der Waals surface area contributed by atoms with Gasteiger partial charge in [0.1, 0.15) is 11.9 Å². The van der Waals surface area contributed by atoms with Gasteiger partial charge in [0.15, 0.2) is 5.82 Å². The van der Waals surface area contributed by atoms with E-state index in [1.165, 1.54) is 6.20 Å². The molecule has 0 spiro atoms. The van der Waals surface area contributed by atoms with Crippen molar-refractivity contribution in [1.29, 1.82) is 0 Å². The van der Waals surface area contributed by atoms with E-state index in [-0.39, 0.29) is 17.6 Å². The average Bonchev–Trinajstić information content (AvgIpc) is 2.76. The van der Waals surface area contributed by atoms with Crippen LogP contribution in [-0.2, 0) is 4.74 Å². The predicted octanol–water partition coefficient (Wildman–Crippen LogP) is 4.32. The quantitative estimate of drug-likeness (QED) is 0.438. The van der Waals surface area contributed by atoms with E-state index < -0.39 is 18.0 Å². The number of rotatable bonds is 3. The number of aliphatic hydroxyl groups excluding tert-OH is 1. The maximum Gasteiger partial charge on any atom is 0.413 e. The topological polar surface area (TPSA) is 122 Å². The molecule has 8 nitrogen and oxygen atoms in total. The Morgan fingerprint density at radius 2 is 2.06 bits per heavy atom. The first kappa shape index (κ1) is 21.4. The number of pyridine rings is 2. The lowest BCUT2D eigenvalue weighted by Gasteiger charge is -2.30. The Hall–Kier alpha value is -3.46. The number of anilines is 3. The molecule has 1 aromatic carbocycles. The van der Waals surface area contributed by atoms with Crippen LogP contribution in [0.15, 0.2) is 24.5 Å². The summed E-state index contributed by atoms with van der Waals surface area (Å²) >= 11 is 0. The molecular weight excluding hydrogens is 425 g/mol. The van der Waals surface area contributed by atoms with Gasteiger partial charge in [-0.05, 0) is 36.4 Å². The number of nitrogens with one attached hydrogen (secondary N) is 2. The summed E-state index contributed by atoms with van der Waals surface area (Å²) in [7, 11) is 0. The first-order valence-electron chi connectivity index (χ1n) is 11.1. The van der Waals surface area contributed by atoms with Gasteiger partial charge in [-0.1, -0.05) is 6.92 Å². The van der Waals surface area contributed by atoms with Crippen LogP contribution in [0.1, 0.15) is 43.4 Å². The fraction of sp³-hybridized carbons (Fsp3) is 0.375. The molecule has 1 saturated carbocycles. The van der Waals surface area contributed by atoms with Crippen molar-refractivity contribution in [2.75, 3.05) is 22.9 Å². The number of hydrogen-bond donors (Lipinski definition) is 4. The second-order valence-corrected chi connectivity index (χ2v) is 8.89. The number of ether oxygens (including phenoxy) is 1. The van der Waals surface area contributed by atoms with E-state index in [4.69, 9.17) is 10.5 Å². The molecule has 5 rings (SSSR count). The number of nitrogen functional groups attached to an aromatic ring is 1. The summed E-state index contributed by atoms with van der Waals surface area (Å²) in [6, 6.07) is 3.33. The van der Waals surface area contributed by atoms with Crippen LogP contribution in [0.5, 0.6) is 0 Å². The number of aromatic nitrogens is 2. The van der Waals surface area contributed by atoms with Gasteiger partial charge in [0, 0.05) is 54.2 Å². The third kappa shape index (κ3) is 3.82. The molecule has 3 heterocycles. The molecule has 172 valence electrons. The van der Waals surface area contributed by atoms with Crippen LogP contribution in [0.4, 0.5) is 26.4 Å². The number of nitrogens with two attached hydrogens (primary N) is 1. The van der Waals surface area contributed by atoms with Gasteiger partial charge in [-0.2, -0.15) is 0 Å². The van der Waals surface area contributed by atoms with Gasteiger partial charge in [0.25, 0.3) is 0 Å². The van der Waals surface area contributed by atoms with Crippen molar-refractivity contribution >= 4 is 34.1 Å². The largest absolute Gasteiger partial charge is 0.446 e. The first-order chi connectivity index (χ1) is 15.8. The normalized spacial score (nSPS) is 21.6. The zero-order valence-electron chi connectivity index (χ0n) is 18.5. The number of carbonyl (C=O) groups excluding carboxylic acids is 1. The monoisotopic (exact) mass is 451 g/mol. The molecule has 2 aromatic heterocycles. The van der Waals surface area contributed by atoms with Crippen molar-refractivity contribution < 1.29 is 19.0 Å². The van der Waals surface area contributed by atoms with Gasteiger partial charge in [0.05, 0.1) is 23.2 Å². The zero-order valence-corrected chi connectivity index (χ0v) is 18.5. The predicted molar refractivity (Wildman–Crippen MR) is 125 cm³/mol. The highest BCUT2D eigenvalue weighted by Crippen LogP contribution is 2.40. The molecule has 5 N–H and O–H groups in total. The van der Waals surface area contributed by atoms with Gasteiger partial charge >= 0.3 is 6.09 Å². The van der Waals surface area contributed by atoms with E-state index in [1.807, 2.05) is 6.92 Å². The highest BCUT2D eigenvalue weighted by molar-refractivity contribution is 5.99. The van der Waals surface area contributed by atoms with Gasteiger partial charge in [-0.15, -0.1) is 0 Å². The highest BCUT2D eigenvalue weighted by atomic mass is 19.1. The van der Waals surface area contributed by atoms with Gasteiger partial charge in [0.2, 0.25) is 0 Å². The second kappa shape index (κ2) is 8.15. The average molecular weight is 452 g/mol. The number of benzene rings is 1. The van der Waals surface area contributed by atoms with Crippen LogP contribution in [0, 0.1) is 12.7 Å². The van der Waals surface area contributed by atoms with Crippen LogP contribution in [-0.4, -0.2) is 39.9 Å². The molecule has 1 atom stereocenters. The van der Waals surface area contributed by atoms with Crippen molar-refractivity contribution in [3.05, 3.63) is 41.6 Å². The molecule has 1 aliphatic heterocycles. The number of nitrogens with zero attached hydrogens (tertiary/aromatic N) is 2. The molecule has 33 heavy (non-hydrogen) atoms. The molecule has 0 radical (unpaired) electrons. The number of fused-ring (bicyclic) bond motifs is 2. The number of amides is 1. The number of aliphatic hydroxyl groups is 1. The summed E-state index contributed by atoms with van der Waals surface area (Å²) in [4.78, 5) is 20.9. The van der Waals surface area contributed by atoms with Crippen molar-refractivity contribution in [3.8, 4) is 11.1 Å². The number of halogens is 1. The Labute approximate surface area is 190 Å². The lowest BCUT2D eigenvalue weighted by atomic mass is 9.91. The van der Waals surface area contributed by atoms with Gasteiger partial charge < -0.3 is 20.9 Å². The summed E-state index contributed by atoms with van der Waals surface area (Å²) in [5.41, 5.74) is 9.99. The smallest absolute Gasteiger partial charge is 0.413 e. The summed E-state index contributed by atoms with van der Waals surface area (Å²) in [5.74, 6) is 0.0740. The Balaban J connectivity index is 1.50. The van der Waals surface area contributed by atoms with Crippen LogP contribution in [0.2, 0.25) is 0 Å². The van der Waals surface area contributed by atoms with Gasteiger partial charge in [-0.3, -0.25) is 10.3 Å². The fourth-order valence-electron chi connectivity index (χ4n) is 4.52. The molecule has 2 aliphatic rings. The first-order valence-corrected chi connectivity index (χ1v) is 11.1. The molecule has 0 unspecified atom stereocenters. The molecule has 1 aliphatic carbocycles. The Kier molecular flexibility index (Phi) is 5.28. The maximum atomic E-state index is 15.3. The lowest BCUT2D eigenvalue weighted by Crippen LogP contribution is -2.37. The molecule has 9 heteroatoms. The summed E-state index contributed by atoms with van der Waals surface area (Å²) in [6.45, 7) is 4.94. The van der Waals surface area contributed by atoms with E-state index in [2.05, 4.69) is 27.5 Å².